The molecule has 0 unspecified atom stereocenters. The number of thiocarbonyl (C=S) groups is 1. The van der Waals surface area contributed by atoms with E-state index in [1.165, 1.54) is 0 Å². The van der Waals surface area contributed by atoms with Crippen LogP contribution in [0.1, 0.15) is 38.8 Å². The molecule has 1 atom stereocenters. The van der Waals surface area contributed by atoms with Crippen LogP contribution in [0.5, 0.6) is 0 Å². The Morgan fingerprint density at radius 2 is 2.23 bits per heavy atom. The van der Waals surface area contributed by atoms with Gasteiger partial charge in [-0.25, -0.2) is 4.79 Å². The molecule has 1 N–H and O–H groups in total. The number of carbonyl (C=O) groups excluding carboxylic acids is 1. The third-order valence-corrected chi connectivity index (χ3v) is 3.94. The second-order valence-electron chi connectivity index (χ2n) is 5.20. The maximum Gasteiger partial charge on any atom is 0.338 e. The quantitative estimate of drug-likeness (QED) is 0.660. The third kappa shape index (κ3) is 3.14. The van der Waals surface area contributed by atoms with E-state index in [1.807, 2.05) is 25.1 Å². The van der Waals surface area contributed by atoms with Gasteiger partial charge in [-0.05, 0) is 32.5 Å². The number of rotatable bonds is 5. The molecule has 120 valence electrons. The second-order valence-corrected chi connectivity index (χ2v) is 5.59. The van der Waals surface area contributed by atoms with E-state index in [2.05, 4.69) is 17.3 Å². The SMILES string of the molecule is CCCN1C(=S)N[C@H](c2cnn(C)c2)C(C(=O)OCC)=C1C. The van der Waals surface area contributed by atoms with Gasteiger partial charge in [-0.2, -0.15) is 5.10 Å². The molecule has 1 aliphatic heterocycles. The lowest BCUT2D eigenvalue weighted by molar-refractivity contribution is -0.139. The normalized spacial score (nSPS) is 18.5. The lowest BCUT2D eigenvalue weighted by atomic mass is 9.97. The first-order chi connectivity index (χ1) is 10.5. The van der Waals surface area contributed by atoms with Gasteiger partial charge >= 0.3 is 5.97 Å². The van der Waals surface area contributed by atoms with E-state index in [0.717, 1.165) is 24.2 Å². The number of esters is 1. The van der Waals surface area contributed by atoms with Crippen molar-refractivity contribution in [2.75, 3.05) is 13.2 Å². The van der Waals surface area contributed by atoms with Crippen LogP contribution in [0.15, 0.2) is 23.7 Å². The van der Waals surface area contributed by atoms with E-state index >= 15 is 0 Å². The minimum absolute atomic E-state index is 0.315. The van der Waals surface area contributed by atoms with Gasteiger partial charge in [0.1, 0.15) is 0 Å². The largest absolute Gasteiger partial charge is 0.463 e. The Kier molecular flexibility index (Phi) is 5.18. The Labute approximate surface area is 136 Å². The second kappa shape index (κ2) is 6.91. The molecule has 1 aromatic rings. The molecular formula is C15H22N4O2S. The molecule has 0 radical (unpaired) electrons. The Morgan fingerprint density at radius 3 is 2.77 bits per heavy atom. The number of nitrogens with zero attached hydrogens (tertiary/aromatic N) is 3. The minimum Gasteiger partial charge on any atom is -0.463 e. The molecule has 22 heavy (non-hydrogen) atoms. The summed E-state index contributed by atoms with van der Waals surface area (Å²) >= 11 is 5.46. The summed E-state index contributed by atoms with van der Waals surface area (Å²) < 4.78 is 6.94. The van der Waals surface area contributed by atoms with E-state index in [1.54, 1.807) is 17.8 Å². The highest BCUT2D eigenvalue weighted by Gasteiger charge is 2.34. The molecule has 0 saturated carbocycles. The van der Waals surface area contributed by atoms with Crippen LogP contribution >= 0.6 is 12.2 Å². The zero-order chi connectivity index (χ0) is 16.3. The zero-order valence-corrected chi connectivity index (χ0v) is 14.2. The molecular weight excluding hydrogens is 300 g/mol. The number of allylic oxidation sites excluding steroid dienone is 1. The molecule has 7 heteroatoms. The standard InChI is InChI=1S/C15H22N4O2S/c1-5-7-19-10(3)12(14(20)21-6-2)13(17-15(19)22)11-8-16-18(4)9-11/h8-9,13H,5-7H2,1-4H3,(H,17,22)/t13-/m1/s1. The van der Waals surface area contributed by atoms with E-state index in [-0.39, 0.29) is 12.0 Å². The number of ether oxygens (including phenoxy) is 1. The van der Waals surface area contributed by atoms with Crippen molar-refractivity contribution < 1.29 is 9.53 Å². The fraction of sp³-hybridized carbons (Fsp3) is 0.533. The van der Waals surface area contributed by atoms with Gasteiger partial charge in [-0.3, -0.25) is 4.68 Å². The monoisotopic (exact) mass is 322 g/mol. The molecule has 2 heterocycles. The number of hydrogen-bond donors (Lipinski definition) is 1. The molecule has 0 fully saturated rings. The maximum absolute atomic E-state index is 12.4. The molecule has 0 saturated heterocycles. The molecule has 0 amide bonds. The minimum atomic E-state index is -0.326. The molecule has 1 aromatic heterocycles. The molecule has 0 spiro atoms. The number of aromatic nitrogens is 2. The summed E-state index contributed by atoms with van der Waals surface area (Å²) in [7, 11) is 1.84. The van der Waals surface area contributed by atoms with Crippen molar-refractivity contribution in [2.24, 2.45) is 7.05 Å². The predicted molar refractivity (Wildman–Crippen MR) is 88.0 cm³/mol. The van der Waals surface area contributed by atoms with Crippen LogP contribution in [0.4, 0.5) is 0 Å². The van der Waals surface area contributed by atoms with E-state index in [9.17, 15) is 4.79 Å². The molecule has 2 rings (SSSR count). The van der Waals surface area contributed by atoms with E-state index in [4.69, 9.17) is 17.0 Å². The van der Waals surface area contributed by atoms with Gasteiger partial charge in [0.15, 0.2) is 5.11 Å². The van der Waals surface area contributed by atoms with Crippen LogP contribution < -0.4 is 5.32 Å². The van der Waals surface area contributed by atoms with Gasteiger partial charge in [-0.1, -0.05) is 6.92 Å². The van der Waals surface area contributed by atoms with Crippen molar-refractivity contribution >= 4 is 23.3 Å². The molecule has 0 aliphatic carbocycles. The summed E-state index contributed by atoms with van der Waals surface area (Å²) in [6, 6.07) is -0.326. The van der Waals surface area contributed by atoms with Crippen molar-refractivity contribution in [1.82, 2.24) is 20.0 Å². The van der Waals surface area contributed by atoms with Crippen LogP contribution in [0.3, 0.4) is 0 Å². The molecule has 0 bridgehead atoms. The fourth-order valence-electron chi connectivity index (χ4n) is 2.59. The van der Waals surface area contributed by atoms with Gasteiger partial charge in [0.2, 0.25) is 0 Å². The van der Waals surface area contributed by atoms with Gasteiger partial charge < -0.3 is 15.0 Å². The van der Waals surface area contributed by atoms with Gasteiger partial charge in [0.05, 0.1) is 24.4 Å². The predicted octanol–water partition coefficient (Wildman–Crippen LogP) is 1.90. The summed E-state index contributed by atoms with van der Waals surface area (Å²) in [5, 5.41) is 8.05. The highest BCUT2D eigenvalue weighted by Crippen LogP contribution is 2.31. The highest BCUT2D eigenvalue weighted by atomic mass is 32.1. The number of nitrogens with one attached hydrogen (secondary N) is 1. The summed E-state index contributed by atoms with van der Waals surface area (Å²) in [4.78, 5) is 14.4. The van der Waals surface area contributed by atoms with Crippen LogP contribution in [-0.4, -0.2) is 38.9 Å². The Bertz CT molecular complexity index is 608. The molecule has 0 aromatic carbocycles. The summed E-state index contributed by atoms with van der Waals surface area (Å²) in [5.74, 6) is -0.315. The lowest BCUT2D eigenvalue weighted by Gasteiger charge is -2.37. The summed E-state index contributed by atoms with van der Waals surface area (Å²) in [5.41, 5.74) is 2.33. The summed E-state index contributed by atoms with van der Waals surface area (Å²) in [6.45, 7) is 6.90. The van der Waals surface area contributed by atoms with Crippen molar-refractivity contribution in [3.63, 3.8) is 0 Å². The van der Waals surface area contributed by atoms with Crippen molar-refractivity contribution in [2.45, 2.75) is 33.2 Å². The first-order valence-corrected chi connectivity index (χ1v) is 7.84. The Balaban J connectivity index is 2.47. The van der Waals surface area contributed by atoms with Gasteiger partial charge in [0, 0.05) is 31.0 Å². The smallest absolute Gasteiger partial charge is 0.338 e. The van der Waals surface area contributed by atoms with Gasteiger partial charge in [0.25, 0.3) is 0 Å². The Hall–Kier alpha value is -1.89. The van der Waals surface area contributed by atoms with Gasteiger partial charge in [-0.15, -0.1) is 0 Å². The first kappa shape index (κ1) is 16.5. The van der Waals surface area contributed by atoms with Crippen LogP contribution in [0, 0.1) is 0 Å². The topological polar surface area (TPSA) is 59.4 Å². The van der Waals surface area contributed by atoms with Crippen LogP contribution in [0.2, 0.25) is 0 Å². The van der Waals surface area contributed by atoms with Crippen molar-refractivity contribution in [3.8, 4) is 0 Å². The zero-order valence-electron chi connectivity index (χ0n) is 13.4. The number of carbonyl (C=O) groups is 1. The highest BCUT2D eigenvalue weighted by molar-refractivity contribution is 7.80. The average Bonchev–Trinajstić information content (AvgIpc) is 2.89. The van der Waals surface area contributed by atoms with Crippen molar-refractivity contribution in [3.05, 3.63) is 29.2 Å². The van der Waals surface area contributed by atoms with Crippen molar-refractivity contribution in [1.29, 1.82) is 0 Å². The maximum atomic E-state index is 12.4. The number of aryl methyl sites for hydroxylation is 1. The molecule has 1 aliphatic rings. The summed E-state index contributed by atoms with van der Waals surface area (Å²) in [6.07, 6.45) is 4.55. The van der Waals surface area contributed by atoms with Crippen LogP contribution in [-0.2, 0) is 16.6 Å². The third-order valence-electron chi connectivity index (χ3n) is 3.60. The number of hydrogen-bond acceptors (Lipinski definition) is 4. The lowest BCUT2D eigenvalue weighted by Crippen LogP contribution is -2.48. The van der Waals surface area contributed by atoms with E-state index in [0.29, 0.717) is 17.3 Å². The first-order valence-electron chi connectivity index (χ1n) is 7.44. The fourth-order valence-corrected chi connectivity index (χ4v) is 2.93. The van der Waals surface area contributed by atoms with Crippen LogP contribution in [0.25, 0.3) is 0 Å². The average molecular weight is 322 g/mol. The Morgan fingerprint density at radius 1 is 1.50 bits per heavy atom. The van der Waals surface area contributed by atoms with E-state index < -0.39 is 0 Å². The molecule has 6 nitrogen and oxygen atoms in total.